The maximum absolute atomic E-state index is 12.7. The summed E-state index contributed by atoms with van der Waals surface area (Å²) in [5, 5.41) is 29.6. The molecule has 0 fully saturated rings. The first-order valence-electron chi connectivity index (χ1n) is 4.68. The van der Waals surface area contributed by atoms with Gasteiger partial charge in [-0.2, -0.15) is 5.26 Å². The number of aromatic nitrogens is 1. The third-order valence-corrected chi connectivity index (χ3v) is 1.94. The van der Waals surface area contributed by atoms with E-state index in [9.17, 15) is 18.9 Å². The third-order valence-electron chi connectivity index (χ3n) is 1.94. The molecule has 0 aliphatic heterocycles. The maximum atomic E-state index is 12.7. The molecule has 0 aliphatic rings. The van der Waals surface area contributed by atoms with Crippen LogP contribution < -0.4 is 5.32 Å². The van der Waals surface area contributed by atoms with Crippen LogP contribution in [0.25, 0.3) is 0 Å². The van der Waals surface area contributed by atoms with Gasteiger partial charge in [0.2, 0.25) is 5.69 Å². The number of alkyl halides is 2. The van der Waals surface area contributed by atoms with E-state index in [0.29, 0.717) is 0 Å². The summed E-state index contributed by atoms with van der Waals surface area (Å²) >= 11 is 0. The van der Waals surface area contributed by atoms with Crippen molar-refractivity contribution in [3.05, 3.63) is 27.9 Å². The van der Waals surface area contributed by atoms with Crippen LogP contribution in [0.2, 0.25) is 0 Å². The molecule has 0 bridgehead atoms. The zero-order valence-corrected chi connectivity index (χ0v) is 8.93. The van der Waals surface area contributed by atoms with E-state index in [1.54, 1.807) is 0 Å². The van der Waals surface area contributed by atoms with Crippen molar-refractivity contribution in [1.29, 1.82) is 5.26 Å². The Labute approximate surface area is 99.8 Å². The molecule has 0 aromatic carbocycles. The van der Waals surface area contributed by atoms with Gasteiger partial charge < -0.3 is 10.4 Å². The van der Waals surface area contributed by atoms with Crippen LogP contribution in [0, 0.1) is 21.4 Å². The lowest BCUT2D eigenvalue weighted by molar-refractivity contribution is -0.385. The van der Waals surface area contributed by atoms with Crippen molar-refractivity contribution < 1.29 is 18.8 Å². The van der Waals surface area contributed by atoms with Gasteiger partial charge in [-0.25, -0.2) is 13.8 Å². The van der Waals surface area contributed by atoms with Crippen LogP contribution in [0.15, 0.2) is 12.1 Å². The number of rotatable bonds is 5. The summed E-state index contributed by atoms with van der Waals surface area (Å²) in [4.78, 5) is 13.2. The van der Waals surface area contributed by atoms with Crippen molar-refractivity contribution in [3.8, 4) is 6.07 Å². The SMILES string of the molecule is N#Cc1nc(NCC(F)(F)CO)ccc1[N+](=O)[O-]. The lowest BCUT2D eigenvalue weighted by Crippen LogP contribution is -2.31. The van der Waals surface area contributed by atoms with Crippen molar-refractivity contribution in [1.82, 2.24) is 4.98 Å². The number of anilines is 1. The van der Waals surface area contributed by atoms with Crippen LogP contribution in [-0.4, -0.2) is 34.1 Å². The van der Waals surface area contributed by atoms with Crippen LogP contribution in [0.5, 0.6) is 0 Å². The summed E-state index contributed by atoms with van der Waals surface area (Å²) < 4.78 is 25.4. The molecular formula is C9H8F2N4O3. The van der Waals surface area contributed by atoms with Gasteiger partial charge in [-0.15, -0.1) is 0 Å². The summed E-state index contributed by atoms with van der Waals surface area (Å²) in [6, 6.07) is 3.59. The number of pyridine rings is 1. The lowest BCUT2D eigenvalue weighted by Gasteiger charge is -2.14. The molecule has 1 rings (SSSR count). The lowest BCUT2D eigenvalue weighted by atomic mass is 10.3. The van der Waals surface area contributed by atoms with E-state index < -0.39 is 35.4 Å². The van der Waals surface area contributed by atoms with Crippen molar-refractivity contribution in [2.45, 2.75) is 5.92 Å². The highest BCUT2D eigenvalue weighted by molar-refractivity contribution is 5.50. The summed E-state index contributed by atoms with van der Waals surface area (Å²) in [6.07, 6.45) is 0. The van der Waals surface area contributed by atoms with E-state index in [1.807, 2.05) is 0 Å². The highest BCUT2D eigenvalue weighted by atomic mass is 19.3. The minimum absolute atomic E-state index is 0.106. The van der Waals surface area contributed by atoms with Gasteiger partial charge in [-0.05, 0) is 6.07 Å². The van der Waals surface area contributed by atoms with Gasteiger partial charge in [-0.3, -0.25) is 10.1 Å². The molecule has 18 heavy (non-hydrogen) atoms. The van der Waals surface area contributed by atoms with E-state index in [2.05, 4.69) is 10.3 Å². The number of nitriles is 1. The quantitative estimate of drug-likeness (QED) is 0.599. The second-order valence-electron chi connectivity index (χ2n) is 3.30. The molecule has 96 valence electrons. The number of nitrogens with one attached hydrogen (secondary N) is 1. The molecule has 0 atom stereocenters. The number of nitro groups is 1. The Morgan fingerprint density at radius 3 is 2.78 bits per heavy atom. The Hall–Kier alpha value is -2.34. The Balaban J connectivity index is 2.88. The highest BCUT2D eigenvalue weighted by Crippen LogP contribution is 2.19. The average Bonchev–Trinajstić information content (AvgIpc) is 2.36. The second kappa shape index (κ2) is 5.33. The van der Waals surface area contributed by atoms with E-state index in [1.165, 1.54) is 6.07 Å². The van der Waals surface area contributed by atoms with E-state index in [0.717, 1.165) is 12.1 Å². The molecule has 7 nitrogen and oxygen atoms in total. The van der Waals surface area contributed by atoms with Gasteiger partial charge in [0.1, 0.15) is 18.5 Å². The van der Waals surface area contributed by atoms with Gasteiger partial charge in [-0.1, -0.05) is 0 Å². The summed E-state index contributed by atoms with van der Waals surface area (Å²) in [7, 11) is 0. The third kappa shape index (κ3) is 3.33. The second-order valence-corrected chi connectivity index (χ2v) is 3.30. The van der Waals surface area contributed by atoms with Gasteiger partial charge in [0, 0.05) is 6.07 Å². The number of nitrogens with zero attached hydrogens (tertiary/aromatic N) is 3. The molecule has 0 saturated heterocycles. The molecule has 2 N–H and O–H groups in total. The van der Waals surface area contributed by atoms with Crippen LogP contribution >= 0.6 is 0 Å². The van der Waals surface area contributed by atoms with Crippen molar-refractivity contribution in [2.24, 2.45) is 0 Å². The fourth-order valence-electron chi connectivity index (χ4n) is 1.06. The topological polar surface area (TPSA) is 112 Å². The molecule has 0 saturated carbocycles. The zero-order valence-electron chi connectivity index (χ0n) is 8.93. The van der Waals surface area contributed by atoms with Crippen LogP contribution in [0.1, 0.15) is 5.69 Å². The molecule has 9 heteroatoms. The number of hydrogen-bond donors (Lipinski definition) is 2. The van der Waals surface area contributed by atoms with Crippen LogP contribution in [0.3, 0.4) is 0 Å². The van der Waals surface area contributed by atoms with E-state index in [-0.39, 0.29) is 5.82 Å². The first kappa shape index (κ1) is 13.7. The summed E-state index contributed by atoms with van der Waals surface area (Å²) in [6.45, 7) is -2.22. The Kier molecular flexibility index (Phi) is 4.06. The molecule has 0 unspecified atom stereocenters. The standard InChI is InChI=1S/C9H8F2N4O3/c10-9(11,5-16)4-13-8-2-1-7(15(17)18)6(3-12)14-8/h1-2,16H,4-5H2,(H,13,14). The molecule has 1 heterocycles. The molecule has 1 aromatic rings. The smallest absolute Gasteiger partial charge is 0.305 e. The molecule has 0 amide bonds. The first-order valence-corrected chi connectivity index (χ1v) is 4.68. The van der Waals surface area contributed by atoms with Crippen LogP contribution in [-0.2, 0) is 0 Å². The zero-order chi connectivity index (χ0) is 13.8. The van der Waals surface area contributed by atoms with Crippen molar-refractivity contribution in [3.63, 3.8) is 0 Å². The molecule has 0 aliphatic carbocycles. The number of hydrogen-bond acceptors (Lipinski definition) is 6. The maximum Gasteiger partial charge on any atom is 0.305 e. The minimum atomic E-state index is -3.34. The summed E-state index contributed by atoms with van der Waals surface area (Å²) in [5.74, 6) is -3.44. The minimum Gasteiger partial charge on any atom is -0.390 e. The number of aliphatic hydroxyl groups is 1. The number of halogens is 2. The van der Waals surface area contributed by atoms with Gasteiger partial charge in [0.25, 0.3) is 5.92 Å². The average molecular weight is 258 g/mol. The van der Waals surface area contributed by atoms with E-state index >= 15 is 0 Å². The van der Waals surface area contributed by atoms with Gasteiger partial charge >= 0.3 is 5.69 Å². The Morgan fingerprint density at radius 1 is 1.61 bits per heavy atom. The van der Waals surface area contributed by atoms with Crippen LogP contribution in [0.4, 0.5) is 20.3 Å². The Bertz CT molecular complexity index is 501. The first-order chi connectivity index (χ1) is 8.39. The molecule has 0 spiro atoms. The monoisotopic (exact) mass is 258 g/mol. The van der Waals surface area contributed by atoms with Gasteiger partial charge in [0.15, 0.2) is 0 Å². The predicted octanol–water partition coefficient (Wildman–Crippen LogP) is 0.901. The largest absolute Gasteiger partial charge is 0.390 e. The van der Waals surface area contributed by atoms with Crippen molar-refractivity contribution >= 4 is 11.5 Å². The normalized spacial score (nSPS) is 10.8. The molecule has 1 aromatic heterocycles. The van der Waals surface area contributed by atoms with Crippen molar-refractivity contribution in [2.75, 3.05) is 18.5 Å². The molecule has 0 radical (unpaired) electrons. The fourth-order valence-corrected chi connectivity index (χ4v) is 1.06. The van der Waals surface area contributed by atoms with E-state index in [4.69, 9.17) is 10.4 Å². The molecular weight excluding hydrogens is 250 g/mol. The Morgan fingerprint density at radius 2 is 2.28 bits per heavy atom. The fraction of sp³-hybridized carbons (Fsp3) is 0.333. The predicted molar refractivity (Wildman–Crippen MR) is 56.1 cm³/mol. The number of aliphatic hydroxyl groups excluding tert-OH is 1. The highest BCUT2D eigenvalue weighted by Gasteiger charge is 2.27. The van der Waals surface area contributed by atoms with Gasteiger partial charge in [0.05, 0.1) is 11.5 Å². The summed E-state index contributed by atoms with van der Waals surface area (Å²) in [5.41, 5.74) is -0.978.